The van der Waals surface area contributed by atoms with E-state index in [1.165, 1.54) is 38.5 Å². The van der Waals surface area contributed by atoms with E-state index in [9.17, 15) is 0 Å². The Kier molecular flexibility index (Phi) is 4.73. The largest absolute Gasteiger partial charge is 0.375 e. The van der Waals surface area contributed by atoms with E-state index in [1.807, 2.05) is 11.8 Å². The summed E-state index contributed by atoms with van der Waals surface area (Å²) < 4.78 is 12.2. The van der Waals surface area contributed by atoms with Gasteiger partial charge in [-0.25, -0.2) is 0 Å². The second kappa shape index (κ2) is 6.33. The third-order valence-electron chi connectivity index (χ3n) is 5.13. The van der Waals surface area contributed by atoms with E-state index < -0.39 is 0 Å². The van der Waals surface area contributed by atoms with E-state index in [0.29, 0.717) is 12.1 Å². The SMILES string of the molecule is CNC(C1CCOC2(CCCC2)C1)C1CSCCO1. The Balaban J connectivity index is 1.64. The molecule has 0 aromatic rings. The van der Waals surface area contributed by atoms with Gasteiger partial charge in [0.05, 0.1) is 18.3 Å². The monoisotopic (exact) mass is 285 g/mol. The van der Waals surface area contributed by atoms with Crippen molar-refractivity contribution in [2.75, 3.05) is 31.8 Å². The van der Waals surface area contributed by atoms with Crippen molar-refractivity contribution in [3.8, 4) is 0 Å². The molecule has 3 atom stereocenters. The van der Waals surface area contributed by atoms with Gasteiger partial charge >= 0.3 is 0 Å². The molecule has 3 nitrogen and oxygen atoms in total. The molecule has 3 rings (SSSR count). The van der Waals surface area contributed by atoms with Gasteiger partial charge in [-0.1, -0.05) is 12.8 Å². The van der Waals surface area contributed by atoms with Crippen LogP contribution in [-0.4, -0.2) is 49.5 Å². The highest BCUT2D eigenvalue weighted by molar-refractivity contribution is 7.99. The first-order valence-electron chi connectivity index (χ1n) is 7.84. The number of ether oxygens (including phenoxy) is 2. The molecule has 1 aliphatic carbocycles. The molecule has 0 bridgehead atoms. The molecule has 3 fully saturated rings. The van der Waals surface area contributed by atoms with Gasteiger partial charge in [0.2, 0.25) is 0 Å². The molecule has 1 saturated carbocycles. The van der Waals surface area contributed by atoms with Crippen molar-refractivity contribution in [1.29, 1.82) is 0 Å². The van der Waals surface area contributed by atoms with Crippen molar-refractivity contribution < 1.29 is 9.47 Å². The quantitative estimate of drug-likeness (QED) is 0.863. The molecule has 3 aliphatic rings. The fourth-order valence-corrected chi connectivity index (χ4v) is 5.10. The highest BCUT2D eigenvalue weighted by atomic mass is 32.2. The lowest BCUT2D eigenvalue weighted by atomic mass is 9.79. The van der Waals surface area contributed by atoms with Gasteiger partial charge in [0.1, 0.15) is 0 Å². The Hall–Kier alpha value is 0.230. The Morgan fingerprint density at radius 1 is 1.26 bits per heavy atom. The molecular weight excluding hydrogens is 258 g/mol. The second-order valence-corrected chi connectivity index (χ2v) is 7.44. The Morgan fingerprint density at radius 2 is 2.11 bits per heavy atom. The summed E-state index contributed by atoms with van der Waals surface area (Å²) in [5, 5.41) is 3.55. The summed E-state index contributed by atoms with van der Waals surface area (Å²) >= 11 is 2.04. The molecule has 1 spiro atoms. The summed E-state index contributed by atoms with van der Waals surface area (Å²) in [5.74, 6) is 3.03. The maximum Gasteiger partial charge on any atom is 0.0821 e. The van der Waals surface area contributed by atoms with Gasteiger partial charge in [0.25, 0.3) is 0 Å². The molecule has 0 amide bonds. The summed E-state index contributed by atoms with van der Waals surface area (Å²) in [6, 6.07) is 0.508. The van der Waals surface area contributed by atoms with E-state index in [2.05, 4.69) is 12.4 Å². The van der Waals surface area contributed by atoms with Crippen LogP contribution in [0.2, 0.25) is 0 Å². The van der Waals surface area contributed by atoms with Crippen molar-refractivity contribution in [2.24, 2.45) is 5.92 Å². The average Bonchev–Trinajstić information content (AvgIpc) is 2.89. The lowest BCUT2D eigenvalue weighted by Gasteiger charge is -2.43. The predicted octanol–water partition coefficient (Wildman–Crippen LogP) is 2.45. The molecule has 110 valence electrons. The van der Waals surface area contributed by atoms with E-state index >= 15 is 0 Å². The zero-order valence-electron chi connectivity index (χ0n) is 12.0. The van der Waals surface area contributed by atoms with Crippen LogP contribution in [0.15, 0.2) is 0 Å². The van der Waals surface area contributed by atoms with Crippen molar-refractivity contribution in [2.45, 2.75) is 56.3 Å². The van der Waals surface area contributed by atoms with Gasteiger partial charge in [0, 0.05) is 24.2 Å². The van der Waals surface area contributed by atoms with Gasteiger partial charge in [-0.3, -0.25) is 0 Å². The van der Waals surface area contributed by atoms with E-state index in [-0.39, 0.29) is 5.60 Å². The molecule has 4 heteroatoms. The molecule has 1 N–H and O–H groups in total. The minimum absolute atomic E-state index is 0.222. The zero-order valence-corrected chi connectivity index (χ0v) is 12.8. The molecule has 0 aromatic heterocycles. The van der Waals surface area contributed by atoms with Crippen LogP contribution in [0, 0.1) is 5.92 Å². The molecule has 2 heterocycles. The van der Waals surface area contributed by atoms with Gasteiger partial charge in [0.15, 0.2) is 0 Å². The van der Waals surface area contributed by atoms with Crippen molar-refractivity contribution in [1.82, 2.24) is 5.32 Å². The Bertz CT molecular complexity index is 288. The topological polar surface area (TPSA) is 30.5 Å². The Labute approximate surface area is 121 Å². The molecule has 2 aliphatic heterocycles. The van der Waals surface area contributed by atoms with Crippen LogP contribution in [0.5, 0.6) is 0 Å². The Morgan fingerprint density at radius 3 is 2.79 bits per heavy atom. The van der Waals surface area contributed by atoms with Crippen molar-refractivity contribution >= 4 is 11.8 Å². The number of nitrogens with one attached hydrogen (secondary N) is 1. The fraction of sp³-hybridized carbons (Fsp3) is 1.00. The first kappa shape index (κ1) is 14.2. The highest BCUT2D eigenvalue weighted by Crippen LogP contribution is 2.43. The number of rotatable bonds is 3. The standard InChI is InChI=1S/C15H27NO2S/c1-16-14(13-11-19-9-8-17-13)12-4-7-18-15(10-12)5-2-3-6-15/h12-14,16H,2-11H2,1H3. The molecule has 0 aromatic carbocycles. The average molecular weight is 285 g/mol. The summed E-state index contributed by atoms with van der Waals surface area (Å²) in [4.78, 5) is 0. The van der Waals surface area contributed by atoms with Crippen LogP contribution in [0.25, 0.3) is 0 Å². The van der Waals surface area contributed by atoms with Gasteiger partial charge in [-0.05, 0) is 38.6 Å². The maximum atomic E-state index is 6.16. The second-order valence-electron chi connectivity index (χ2n) is 6.29. The van der Waals surface area contributed by atoms with E-state index in [0.717, 1.165) is 30.6 Å². The number of likely N-dealkylation sites (N-methyl/N-ethyl adjacent to an activating group) is 1. The highest BCUT2D eigenvalue weighted by Gasteiger charge is 2.43. The minimum atomic E-state index is 0.222. The maximum absolute atomic E-state index is 6.16. The van der Waals surface area contributed by atoms with E-state index in [1.54, 1.807) is 0 Å². The summed E-state index contributed by atoms with van der Waals surface area (Å²) in [6.45, 7) is 1.87. The first-order valence-corrected chi connectivity index (χ1v) is 8.99. The predicted molar refractivity (Wildman–Crippen MR) is 79.8 cm³/mol. The van der Waals surface area contributed by atoms with Gasteiger partial charge in [-0.15, -0.1) is 0 Å². The number of hydrogen-bond donors (Lipinski definition) is 1. The molecular formula is C15H27NO2S. The summed E-state index contributed by atoms with van der Waals surface area (Å²) in [7, 11) is 2.10. The number of thioether (sulfide) groups is 1. The summed E-state index contributed by atoms with van der Waals surface area (Å²) in [6.07, 6.45) is 8.09. The van der Waals surface area contributed by atoms with Crippen LogP contribution in [0.1, 0.15) is 38.5 Å². The number of hydrogen-bond acceptors (Lipinski definition) is 4. The zero-order chi connectivity index (χ0) is 13.1. The van der Waals surface area contributed by atoms with Crippen molar-refractivity contribution in [3.63, 3.8) is 0 Å². The fourth-order valence-electron chi connectivity index (χ4n) is 4.18. The minimum Gasteiger partial charge on any atom is -0.375 e. The van der Waals surface area contributed by atoms with Crippen molar-refractivity contribution in [3.05, 3.63) is 0 Å². The lowest BCUT2D eigenvalue weighted by Crippen LogP contribution is -2.52. The lowest BCUT2D eigenvalue weighted by molar-refractivity contribution is -0.106. The molecule has 2 saturated heterocycles. The third kappa shape index (κ3) is 3.12. The van der Waals surface area contributed by atoms with Gasteiger partial charge in [-0.2, -0.15) is 11.8 Å². The van der Waals surface area contributed by atoms with Crippen LogP contribution in [0.3, 0.4) is 0 Å². The smallest absolute Gasteiger partial charge is 0.0821 e. The normalized spacial score (nSPS) is 36.5. The molecule has 19 heavy (non-hydrogen) atoms. The third-order valence-corrected chi connectivity index (χ3v) is 6.15. The van der Waals surface area contributed by atoms with Gasteiger partial charge < -0.3 is 14.8 Å². The molecule has 3 unspecified atom stereocenters. The first-order chi connectivity index (χ1) is 9.33. The van der Waals surface area contributed by atoms with Crippen LogP contribution < -0.4 is 5.32 Å². The van der Waals surface area contributed by atoms with Crippen LogP contribution in [0.4, 0.5) is 0 Å². The van der Waals surface area contributed by atoms with E-state index in [4.69, 9.17) is 9.47 Å². The summed E-state index contributed by atoms with van der Waals surface area (Å²) in [5.41, 5.74) is 0.222. The molecule has 0 radical (unpaired) electrons. The van der Waals surface area contributed by atoms with Crippen LogP contribution >= 0.6 is 11.8 Å². The van der Waals surface area contributed by atoms with Crippen LogP contribution in [-0.2, 0) is 9.47 Å².